The molecule has 1 aliphatic rings. The summed E-state index contributed by atoms with van der Waals surface area (Å²) < 4.78 is 7.25. The van der Waals surface area contributed by atoms with Gasteiger partial charge in [-0.3, -0.25) is 9.69 Å². The Kier molecular flexibility index (Phi) is 5.55. The highest BCUT2D eigenvalue weighted by Crippen LogP contribution is 2.04. The van der Waals surface area contributed by atoms with Gasteiger partial charge in [-0.1, -0.05) is 0 Å². The number of rotatable bonds is 6. The summed E-state index contributed by atoms with van der Waals surface area (Å²) >= 11 is 0. The third-order valence-corrected chi connectivity index (χ3v) is 3.71. The average molecular weight is 280 g/mol. The standard InChI is InChI=1S/C14H24N4O2/c1-3-20-11-10-16-6-8-17(9-7-16)14(19)12-18-5-4-15-13(18)2/h4-5H,3,6-12H2,1-2H3. The Bertz CT molecular complexity index is 425. The summed E-state index contributed by atoms with van der Waals surface area (Å²) in [4.78, 5) is 20.6. The van der Waals surface area contributed by atoms with Crippen LogP contribution in [0.5, 0.6) is 0 Å². The molecule has 1 saturated heterocycles. The molecule has 0 radical (unpaired) electrons. The molecule has 0 atom stereocenters. The van der Waals surface area contributed by atoms with E-state index in [1.807, 2.05) is 29.5 Å². The first-order valence-corrected chi connectivity index (χ1v) is 7.26. The Morgan fingerprint density at radius 2 is 2.10 bits per heavy atom. The summed E-state index contributed by atoms with van der Waals surface area (Å²) in [6.45, 7) is 10.3. The molecule has 6 nitrogen and oxygen atoms in total. The van der Waals surface area contributed by atoms with E-state index in [1.165, 1.54) is 0 Å². The second kappa shape index (κ2) is 7.40. The van der Waals surface area contributed by atoms with Gasteiger partial charge in [0.15, 0.2) is 0 Å². The van der Waals surface area contributed by atoms with Gasteiger partial charge >= 0.3 is 0 Å². The van der Waals surface area contributed by atoms with Crippen LogP contribution in [0.1, 0.15) is 12.7 Å². The molecule has 1 fully saturated rings. The number of nitrogens with zero attached hydrogens (tertiary/aromatic N) is 4. The van der Waals surface area contributed by atoms with Gasteiger partial charge in [-0.2, -0.15) is 0 Å². The zero-order chi connectivity index (χ0) is 14.4. The molecule has 0 aliphatic carbocycles. The lowest BCUT2D eigenvalue weighted by Crippen LogP contribution is -2.50. The lowest BCUT2D eigenvalue weighted by molar-refractivity contribution is -0.133. The van der Waals surface area contributed by atoms with E-state index in [0.717, 1.165) is 51.8 Å². The fourth-order valence-corrected chi connectivity index (χ4v) is 2.38. The minimum Gasteiger partial charge on any atom is -0.380 e. The number of hydrogen-bond acceptors (Lipinski definition) is 4. The lowest BCUT2D eigenvalue weighted by Gasteiger charge is -2.34. The maximum Gasteiger partial charge on any atom is 0.242 e. The molecular formula is C14H24N4O2. The van der Waals surface area contributed by atoms with Gasteiger partial charge in [-0.25, -0.2) is 4.98 Å². The number of aromatic nitrogens is 2. The Hall–Kier alpha value is -1.40. The van der Waals surface area contributed by atoms with E-state index in [0.29, 0.717) is 6.54 Å². The maximum absolute atomic E-state index is 12.2. The van der Waals surface area contributed by atoms with Gasteiger partial charge < -0.3 is 14.2 Å². The largest absolute Gasteiger partial charge is 0.380 e. The molecular weight excluding hydrogens is 256 g/mol. The zero-order valence-electron chi connectivity index (χ0n) is 12.4. The van der Waals surface area contributed by atoms with Crippen LogP contribution in [-0.4, -0.2) is 71.2 Å². The summed E-state index contributed by atoms with van der Waals surface area (Å²) in [6, 6.07) is 0. The fourth-order valence-electron chi connectivity index (χ4n) is 2.38. The summed E-state index contributed by atoms with van der Waals surface area (Å²) in [6.07, 6.45) is 3.58. The van der Waals surface area contributed by atoms with Crippen LogP contribution >= 0.6 is 0 Å². The van der Waals surface area contributed by atoms with Crippen LogP contribution in [0.4, 0.5) is 0 Å². The predicted molar refractivity (Wildman–Crippen MR) is 76.5 cm³/mol. The monoisotopic (exact) mass is 280 g/mol. The summed E-state index contributed by atoms with van der Waals surface area (Å²) in [7, 11) is 0. The van der Waals surface area contributed by atoms with E-state index in [1.54, 1.807) is 6.20 Å². The fraction of sp³-hybridized carbons (Fsp3) is 0.714. The summed E-state index contributed by atoms with van der Waals surface area (Å²) in [5.74, 6) is 1.06. The smallest absolute Gasteiger partial charge is 0.242 e. The minimum absolute atomic E-state index is 0.176. The number of carbonyl (C=O) groups excluding carboxylic acids is 1. The van der Waals surface area contributed by atoms with E-state index < -0.39 is 0 Å². The molecule has 0 unspecified atom stereocenters. The second-order valence-electron chi connectivity index (χ2n) is 5.02. The summed E-state index contributed by atoms with van der Waals surface area (Å²) in [5, 5.41) is 0. The van der Waals surface area contributed by atoms with Crippen molar-refractivity contribution in [2.24, 2.45) is 0 Å². The first kappa shape index (κ1) is 15.0. The number of amides is 1. The van der Waals surface area contributed by atoms with Crippen molar-refractivity contribution in [3.63, 3.8) is 0 Å². The highest BCUT2D eigenvalue weighted by Gasteiger charge is 2.21. The number of imidazole rings is 1. The average Bonchev–Trinajstić information content (AvgIpc) is 2.85. The molecule has 0 aromatic carbocycles. The van der Waals surface area contributed by atoms with Crippen LogP contribution in [0.2, 0.25) is 0 Å². The van der Waals surface area contributed by atoms with Crippen LogP contribution in [-0.2, 0) is 16.1 Å². The van der Waals surface area contributed by atoms with Crippen LogP contribution in [0, 0.1) is 6.92 Å². The molecule has 0 saturated carbocycles. The molecule has 1 aromatic heterocycles. The van der Waals surface area contributed by atoms with Gasteiger partial charge in [0.1, 0.15) is 12.4 Å². The van der Waals surface area contributed by atoms with Crippen molar-refractivity contribution in [2.45, 2.75) is 20.4 Å². The van der Waals surface area contributed by atoms with Crippen LogP contribution in [0.3, 0.4) is 0 Å². The molecule has 0 N–H and O–H groups in total. The van der Waals surface area contributed by atoms with E-state index in [2.05, 4.69) is 9.88 Å². The predicted octanol–water partition coefficient (Wildman–Crippen LogP) is 0.372. The molecule has 1 aromatic rings. The maximum atomic E-state index is 12.2. The molecule has 1 aliphatic heterocycles. The van der Waals surface area contributed by atoms with Gasteiger partial charge in [0.25, 0.3) is 0 Å². The lowest BCUT2D eigenvalue weighted by atomic mass is 10.3. The molecule has 20 heavy (non-hydrogen) atoms. The van der Waals surface area contributed by atoms with Gasteiger partial charge in [-0.05, 0) is 13.8 Å². The van der Waals surface area contributed by atoms with Crippen molar-refractivity contribution in [1.82, 2.24) is 19.4 Å². The number of aryl methyl sites for hydroxylation is 1. The number of ether oxygens (including phenoxy) is 1. The molecule has 112 valence electrons. The molecule has 1 amide bonds. The normalized spacial score (nSPS) is 16.6. The van der Waals surface area contributed by atoms with E-state index in [9.17, 15) is 4.79 Å². The SMILES string of the molecule is CCOCCN1CCN(C(=O)Cn2ccnc2C)CC1. The number of hydrogen-bond donors (Lipinski definition) is 0. The minimum atomic E-state index is 0.176. The Morgan fingerprint density at radius 1 is 1.35 bits per heavy atom. The van der Waals surface area contributed by atoms with Crippen LogP contribution < -0.4 is 0 Å². The molecule has 0 spiro atoms. The molecule has 6 heteroatoms. The Labute approximate surface area is 120 Å². The highest BCUT2D eigenvalue weighted by atomic mass is 16.5. The highest BCUT2D eigenvalue weighted by molar-refractivity contribution is 5.76. The third kappa shape index (κ3) is 4.05. The zero-order valence-corrected chi connectivity index (χ0v) is 12.4. The molecule has 0 bridgehead atoms. The van der Waals surface area contributed by atoms with Crippen LogP contribution in [0.25, 0.3) is 0 Å². The van der Waals surface area contributed by atoms with E-state index >= 15 is 0 Å². The van der Waals surface area contributed by atoms with Gasteiger partial charge in [0.05, 0.1) is 6.61 Å². The topological polar surface area (TPSA) is 50.6 Å². The van der Waals surface area contributed by atoms with E-state index in [-0.39, 0.29) is 5.91 Å². The van der Waals surface area contributed by atoms with Crippen molar-refractivity contribution >= 4 is 5.91 Å². The third-order valence-electron chi connectivity index (χ3n) is 3.71. The first-order chi connectivity index (χ1) is 9.70. The van der Waals surface area contributed by atoms with Crippen molar-refractivity contribution in [2.75, 3.05) is 45.9 Å². The first-order valence-electron chi connectivity index (χ1n) is 7.26. The van der Waals surface area contributed by atoms with Crippen LogP contribution in [0.15, 0.2) is 12.4 Å². The van der Waals surface area contributed by atoms with Gasteiger partial charge in [0.2, 0.25) is 5.91 Å². The number of carbonyl (C=O) groups is 1. The van der Waals surface area contributed by atoms with Crippen molar-refractivity contribution in [1.29, 1.82) is 0 Å². The van der Waals surface area contributed by atoms with Crippen molar-refractivity contribution in [3.05, 3.63) is 18.2 Å². The van der Waals surface area contributed by atoms with Crippen molar-refractivity contribution < 1.29 is 9.53 Å². The van der Waals surface area contributed by atoms with E-state index in [4.69, 9.17) is 4.74 Å². The van der Waals surface area contributed by atoms with Crippen molar-refractivity contribution in [3.8, 4) is 0 Å². The Balaban J connectivity index is 1.73. The number of piperazine rings is 1. The second-order valence-corrected chi connectivity index (χ2v) is 5.02. The molecule has 2 heterocycles. The quantitative estimate of drug-likeness (QED) is 0.707. The van der Waals surface area contributed by atoms with Gasteiger partial charge in [-0.15, -0.1) is 0 Å². The van der Waals surface area contributed by atoms with Gasteiger partial charge in [0, 0.05) is 51.7 Å². The summed E-state index contributed by atoms with van der Waals surface area (Å²) in [5.41, 5.74) is 0. The molecule has 2 rings (SSSR count). The Morgan fingerprint density at radius 3 is 2.70 bits per heavy atom.